The fourth-order valence-electron chi connectivity index (χ4n) is 1.46. The molecule has 0 fully saturated rings. The third-order valence-electron chi connectivity index (χ3n) is 2.53. The summed E-state index contributed by atoms with van der Waals surface area (Å²) in [5.41, 5.74) is 0.143. The van der Waals surface area contributed by atoms with Crippen LogP contribution in [0.2, 0.25) is 0 Å². The number of pyridine rings is 1. The van der Waals surface area contributed by atoms with Gasteiger partial charge in [-0.05, 0) is 19.1 Å². The van der Waals surface area contributed by atoms with E-state index in [0.29, 0.717) is 15.7 Å². The number of nitrogens with one attached hydrogen (secondary N) is 1. The zero-order chi connectivity index (χ0) is 15.5. The summed E-state index contributed by atoms with van der Waals surface area (Å²) >= 11 is 1.27. The molecule has 0 aliphatic rings. The number of aliphatic imine (C=N–C) groups is 1. The fourth-order valence-corrected chi connectivity index (χ4v) is 2.38. The summed E-state index contributed by atoms with van der Waals surface area (Å²) in [4.78, 5) is 12.3. The van der Waals surface area contributed by atoms with Gasteiger partial charge in [-0.3, -0.25) is 4.98 Å². The molecule has 2 aromatic heterocycles. The first-order valence-corrected chi connectivity index (χ1v) is 6.74. The van der Waals surface area contributed by atoms with Crippen molar-refractivity contribution in [3.63, 3.8) is 0 Å². The molecule has 0 radical (unpaired) electrons. The van der Waals surface area contributed by atoms with Gasteiger partial charge in [0.25, 0.3) is 0 Å². The number of nitrogens with zero attached hydrogens (tertiary/aromatic N) is 3. The molecule has 2 aromatic rings. The van der Waals surface area contributed by atoms with E-state index < -0.39 is 18.3 Å². The molecule has 2 heterocycles. The Morgan fingerprint density at radius 3 is 2.86 bits per heavy atom. The molecule has 0 saturated carbocycles. The molecule has 0 aliphatic heterocycles. The van der Waals surface area contributed by atoms with Gasteiger partial charge in [-0.1, -0.05) is 11.3 Å². The lowest BCUT2D eigenvalue weighted by Gasteiger charge is -2.03. The van der Waals surface area contributed by atoms with Crippen LogP contribution in [0.1, 0.15) is 12.1 Å². The van der Waals surface area contributed by atoms with Crippen molar-refractivity contribution in [1.29, 1.82) is 5.41 Å². The van der Waals surface area contributed by atoms with Crippen molar-refractivity contribution in [3.05, 3.63) is 30.2 Å². The van der Waals surface area contributed by atoms with Crippen molar-refractivity contribution < 1.29 is 13.2 Å². The van der Waals surface area contributed by atoms with Crippen LogP contribution in [0, 0.1) is 12.3 Å². The molecule has 0 atom stereocenters. The molecule has 0 bridgehead atoms. The zero-order valence-corrected chi connectivity index (χ0v) is 11.8. The normalized spacial score (nSPS) is 12.0. The van der Waals surface area contributed by atoms with E-state index in [2.05, 4.69) is 15.0 Å². The number of aryl methyl sites for hydroxylation is 1. The molecule has 1 N–H and O–H groups in total. The van der Waals surface area contributed by atoms with Gasteiger partial charge in [0, 0.05) is 30.6 Å². The number of rotatable bonds is 4. The number of hydrogen-bond acceptors (Lipinski definition) is 5. The lowest BCUT2D eigenvalue weighted by Crippen LogP contribution is -2.21. The van der Waals surface area contributed by atoms with Gasteiger partial charge in [-0.25, -0.2) is 9.98 Å². The molecule has 8 heteroatoms. The monoisotopic (exact) mass is 312 g/mol. The lowest BCUT2D eigenvalue weighted by molar-refractivity contribution is -0.0604. The van der Waals surface area contributed by atoms with Gasteiger partial charge in [0.05, 0.1) is 5.69 Å². The maximum Gasteiger partial charge on any atom is 0.429 e. The quantitative estimate of drug-likeness (QED) is 0.860. The summed E-state index contributed by atoms with van der Waals surface area (Å²) in [6.45, 7) is 1.73. The third kappa shape index (κ3) is 3.94. The van der Waals surface area contributed by atoms with E-state index in [4.69, 9.17) is 5.41 Å². The average molecular weight is 312 g/mol. The molecule has 4 nitrogen and oxygen atoms in total. The Balaban J connectivity index is 2.12. The highest BCUT2D eigenvalue weighted by atomic mass is 32.1. The Hall–Kier alpha value is -2.09. The van der Waals surface area contributed by atoms with Crippen molar-refractivity contribution >= 4 is 28.3 Å². The van der Waals surface area contributed by atoms with Crippen LogP contribution in [0.3, 0.4) is 0 Å². The number of thiazole rings is 1. The molecule has 0 aliphatic carbocycles. The Kier molecular flexibility index (Phi) is 4.46. The Bertz CT molecular complexity index is 662. The summed E-state index contributed by atoms with van der Waals surface area (Å²) < 4.78 is 36.5. The summed E-state index contributed by atoms with van der Waals surface area (Å²) in [6, 6.07) is 3.62. The van der Waals surface area contributed by atoms with Crippen LogP contribution in [0.4, 0.5) is 18.2 Å². The van der Waals surface area contributed by atoms with Gasteiger partial charge in [0.2, 0.25) is 0 Å². The molecule has 21 heavy (non-hydrogen) atoms. The van der Waals surface area contributed by atoms with E-state index in [9.17, 15) is 13.2 Å². The van der Waals surface area contributed by atoms with Crippen LogP contribution in [0.5, 0.6) is 0 Å². The van der Waals surface area contributed by atoms with Gasteiger partial charge in [-0.15, -0.1) is 0 Å². The molecular weight excluding hydrogens is 301 g/mol. The zero-order valence-electron chi connectivity index (χ0n) is 11.0. The number of alkyl halides is 3. The highest BCUT2D eigenvalue weighted by Crippen LogP contribution is 2.33. The second-order valence-corrected chi connectivity index (χ2v) is 5.12. The first-order valence-electron chi connectivity index (χ1n) is 5.93. The van der Waals surface area contributed by atoms with Gasteiger partial charge >= 0.3 is 6.18 Å². The van der Waals surface area contributed by atoms with Gasteiger partial charge in [0.15, 0.2) is 0 Å². The molecule has 110 valence electrons. The van der Waals surface area contributed by atoms with E-state index in [-0.39, 0.29) is 0 Å². The van der Waals surface area contributed by atoms with Crippen molar-refractivity contribution in [1.82, 2.24) is 9.97 Å². The van der Waals surface area contributed by atoms with E-state index in [1.807, 2.05) is 6.07 Å². The van der Waals surface area contributed by atoms with Crippen molar-refractivity contribution in [3.8, 4) is 10.6 Å². The maximum absolute atomic E-state index is 12.2. The largest absolute Gasteiger partial charge is 0.429 e. The van der Waals surface area contributed by atoms with Crippen LogP contribution >= 0.6 is 11.3 Å². The van der Waals surface area contributed by atoms with E-state index >= 15 is 0 Å². The molecule has 0 spiro atoms. The van der Waals surface area contributed by atoms with Crippen molar-refractivity contribution in [2.75, 3.05) is 0 Å². The molecule has 0 unspecified atom stereocenters. The van der Waals surface area contributed by atoms with Crippen LogP contribution in [-0.4, -0.2) is 28.1 Å². The average Bonchev–Trinajstić information content (AvgIpc) is 2.80. The topological polar surface area (TPSA) is 62.0 Å². The highest BCUT2D eigenvalue weighted by molar-refractivity contribution is 7.18. The molecule has 0 aromatic carbocycles. The molecular formula is C13H11F3N4S. The molecule has 0 amide bonds. The maximum atomic E-state index is 12.2. The van der Waals surface area contributed by atoms with Crippen LogP contribution in [0.15, 0.2) is 29.5 Å². The minimum Gasteiger partial charge on any atom is -0.300 e. The minimum atomic E-state index is -4.60. The molecule has 0 saturated heterocycles. The molecule has 2 rings (SSSR count). The minimum absolute atomic E-state index is 0.531. The SMILES string of the molecule is Cc1nc(-c2cccnc2)sc1N=CCC(=N)C(F)(F)F. The van der Waals surface area contributed by atoms with E-state index in [1.54, 1.807) is 25.4 Å². The first kappa shape index (κ1) is 15.3. The van der Waals surface area contributed by atoms with E-state index in [0.717, 1.165) is 11.8 Å². The van der Waals surface area contributed by atoms with Gasteiger partial charge in [-0.2, -0.15) is 13.2 Å². The second kappa shape index (κ2) is 6.13. The number of halogens is 3. The first-order chi connectivity index (χ1) is 9.88. The van der Waals surface area contributed by atoms with Crippen molar-refractivity contribution in [2.45, 2.75) is 19.5 Å². The lowest BCUT2D eigenvalue weighted by atomic mass is 10.3. The predicted molar refractivity (Wildman–Crippen MR) is 76.6 cm³/mol. The van der Waals surface area contributed by atoms with Crippen LogP contribution in [-0.2, 0) is 0 Å². The smallest absolute Gasteiger partial charge is 0.300 e. The Morgan fingerprint density at radius 1 is 1.48 bits per heavy atom. The Labute approximate surface area is 122 Å². The van der Waals surface area contributed by atoms with E-state index in [1.165, 1.54) is 11.3 Å². The van der Waals surface area contributed by atoms with Crippen molar-refractivity contribution in [2.24, 2.45) is 4.99 Å². The summed E-state index contributed by atoms with van der Waals surface area (Å²) in [5.74, 6) is 0. The van der Waals surface area contributed by atoms with Gasteiger partial charge < -0.3 is 5.41 Å². The van der Waals surface area contributed by atoms with Gasteiger partial charge in [0.1, 0.15) is 15.7 Å². The van der Waals surface area contributed by atoms with Crippen LogP contribution in [0.25, 0.3) is 10.6 Å². The highest BCUT2D eigenvalue weighted by Gasteiger charge is 2.33. The number of hydrogen-bond donors (Lipinski definition) is 1. The fraction of sp³-hybridized carbons (Fsp3) is 0.231. The summed E-state index contributed by atoms with van der Waals surface area (Å²) in [7, 11) is 0. The summed E-state index contributed by atoms with van der Waals surface area (Å²) in [5, 5.41) is 8.10. The Morgan fingerprint density at radius 2 is 2.24 bits per heavy atom. The predicted octanol–water partition coefficient (Wildman–Crippen LogP) is 4.19. The van der Waals surface area contributed by atoms with Crippen LogP contribution < -0.4 is 0 Å². The standard InChI is InChI=1S/C13H11F3N4S/c1-8-11(19-6-4-10(17)13(14,15)16)21-12(20-8)9-3-2-5-18-7-9/h2-3,5-7,17H,4H2,1H3. The second-order valence-electron chi connectivity index (χ2n) is 4.14. The number of aromatic nitrogens is 2. The summed E-state index contributed by atoms with van der Waals surface area (Å²) in [6.07, 6.45) is -0.765. The third-order valence-corrected chi connectivity index (χ3v) is 3.64.